The molecule has 5 heteroatoms. The summed E-state index contributed by atoms with van der Waals surface area (Å²) in [5.41, 5.74) is 5.39. The first-order chi connectivity index (χ1) is 8.20. The first-order valence-electron chi connectivity index (χ1n) is 6.28. The van der Waals surface area contributed by atoms with Crippen molar-refractivity contribution in [2.24, 2.45) is 5.73 Å². The van der Waals surface area contributed by atoms with Gasteiger partial charge < -0.3 is 15.4 Å². The van der Waals surface area contributed by atoms with Gasteiger partial charge in [-0.2, -0.15) is 0 Å². The molecule has 1 aliphatic rings. The van der Waals surface area contributed by atoms with E-state index in [1.165, 1.54) is 7.11 Å². The maximum Gasteiger partial charge on any atom is 0.328 e. The topological polar surface area (TPSA) is 72.6 Å². The van der Waals surface area contributed by atoms with Crippen molar-refractivity contribution >= 4 is 11.9 Å². The van der Waals surface area contributed by atoms with Crippen LogP contribution in [0.15, 0.2) is 0 Å². The number of hydrogen-bond acceptors (Lipinski definition) is 4. The molecule has 1 saturated heterocycles. The molecular weight excluding hydrogens is 220 g/mol. The first-order valence-corrected chi connectivity index (χ1v) is 6.28. The Kier molecular flexibility index (Phi) is 5.97. The van der Waals surface area contributed by atoms with Crippen LogP contribution in [0.25, 0.3) is 0 Å². The average Bonchev–Trinajstić information content (AvgIpc) is 2.82. The van der Waals surface area contributed by atoms with E-state index in [1.807, 2.05) is 0 Å². The summed E-state index contributed by atoms with van der Waals surface area (Å²) in [4.78, 5) is 25.1. The SMILES string of the molecule is COC(=O)C1CCCN1C(=O)CCCCCN. The standard InChI is InChI=1S/C12H22N2O3/c1-17-12(16)10-6-5-9-14(10)11(15)7-3-2-4-8-13/h10H,2-9,13H2,1H3. The second-order valence-corrected chi connectivity index (χ2v) is 4.37. The molecule has 0 aromatic rings. The van der Waals surface area contributed by atoms with E-state index in [2.05, 4.69) is 0 Å². The first kappa shape index (κ1) is 14.0. The van der Waals surface area contributed by atoms with E-state index in [4.69, 9.17) is 10.5 Å². The molecule has 0 aliphatic carbocycles. The van der Waals surface area contributed by atoms with E-state index < -0.39 is 0 Å². The van der Waals surface area contributed by atoms with Gasteiger partial charge in [-0.15, -0.1) is 0 Å². The highest BCUT2D eigenvalue weighted by Gasteiger charge is 2.34. The van der Waals surface area contributed by atoms with E-state index in [1.54, 1.807) is 4.90 Å². The molecule has 2 N–H and O–H groups in total. The zero-order chi connectivity index (χ0) is 12.7. The quantitative estimate of drug-likeness (QED) is 0.549. The van der Waals surface area contributed by atoms with E-state index in [9.17, 15) is 9.59 Å². The molecule has 1 unspecified atom stereocenters. The number of carbonyl (C=O) groups is 2. The van der Waals surface area contributed by atoms with Crippen molar-refractivity contribution in [2.75, 3.05) is 20.2 Å². The minimum atomic E-state index is -0.359. The summed E-state index contributed by atoms with van der Waals surface area (Å²) in [6.07, 6.45) is 4.89. The third-order valence-electron chi connectivity index (χ3n) is 3.14. The lowest BCUT2D eigenvalue weighted by molar-refractivity contribution is -0.151. The molecule has 0 bridgehead atoms. The molecule has 1 atom stereocenters. The van der Waals surface area contributed by atoms with E-state index in [0.717, 1.165) is 32.1 Å². The predicted molar refractivity (Wildman–Crippen MR) is 64.3 cm³/mol. The van der Waals surface area contributed by atoms with E-state index >= 15 is 0 Å². The summed E-state index contributed by atoms with van der Waals surface area (Å²) in [5.74, 6) is -0.229. The molecular formula is C12H22N2O3. The summed E-state index contributed by atoms with van der Waals surface area (Å²) in [6, 6.07) is -0.359. The van der Waals surface area contributed by atoms with Gasteiger partial charge in [-0.05, 0) is 32.2 Å². The molecule has 1 heterocycles. The van der Waals surface area contributed by atoms with Gasteiger partial charge in [0.05, 0.1) is 7.11 Å². The van der Waals surface area contributed by atoms with Crippen LogP contribution in [-0.4, -0.2) is 43.0 Å². The number of nitrogens with two attached hydrogens (primary N) is 1. The number of unbranched alkanes of at least 4 members (excludes halogenated alkanes) is 2. The lowest BCUT2D eigenvalue weighted by atomic mass is 10.1. The number of esters is 1. The van der Waals surface area contributed by atoms with Crippen LogP contribution in [0, 0.1) is 0 Å². The van der Waals surface area contributed by atoms with Gasteiger partial charge in [0.2, 0.25) is 5.91 Å². The number of ether oxygens (including phenoxy) is 1. The molecule has 1 rings (SSSR count). The van der Waals surface area contributed by atoms with Crippen LogP contribution in [0.4, 0.5) is 0 Å². The maximum atomic E-state index is 11.9. The van der Waals surface area contributed by atoms with Crippen LogP contribution >= 0.6 is 0 Å². The number of rotatable bonds is 6. The second kappa shape index (κ2) is 7.27. The van der Waals surface area contributed by atoms with Gasteiger partial charge in [0.25, 0.3) is 0 Å². The summed E-state index contributed by atoms with van der Waals surface area (Å²) in [7, 11) is 1.37. The fraction of sp³-hybridized carbons (Fsp3) is 0.833. The van der Waals surface area contributed by atoms with Gasteiger partial charge >= 0.3 is 5.97 Å². The highest BCUT2D eigenvalue weighted by Crippen LogP contribution is 2.20. The molecule has 98 valence electrons. The minimum absolute atomic E-state index is 0.0647. The predicted octanol–water partition coefficient (Wildman–Crippen LogP) is 0.669. The van der Waals surface area contributed by atoms with Crippen LogP contribution in [-0.2, 0) is 14.3 Å². The van der Waals surface area contributed by atoms with Gasteiger partial charge in [-0.1, -0.05) is 6.42 Å². The molecule has 0 spiro atoms. The smallest absolute Gasteiger partial charge is 0.328 e. The molecule has 0 radical (unpaired) electrons. The average molecular weight is 242 g/mol. The summed E-state index contributed by atoms with van der Waals surface area (Å²) in [5, 5.41) is 0. The van der Waals surface area contributed by atoms with Crippen LogP contribution in [0.5, 0.6) is 0 Å². The summed E-state index contributed by atoms with van der Waals surface area (Å²) < 4.78 is 4.71. The van der Waals surface area contributed by atoms with Crippen LogP contribution in [0.1, 0.15) is 38.5 Å². The Morgan fingerprint density at radius 2 is 2.12 bits per heavy atom. The van der Waals surface area contributed by atoms with Gasteiger partial charge in [0.1, 0.15) is 6.04 Å². The van der Waals surface area contributed by atoms with Crippen molar-refractivity contribution < 1.29 is 14.3 Å². The highest BCUT2D eigenvalue weighted by atomic mass is 16.5. The molecule has 1 aliphatic heterocycles. The Balaban J connectivity index is 2.37. The van der Waals surface area contributed by atoms with Crippen LogP contribution in [0.2, 0.25) is 0 Å². The number of carbonyl (C=O) groups excluding carboxylic acids is 2. The normalized spacial score (nSPS) is 19.4. The third kappa shape index (κ3) is 4.00. The van der Waals surface area contributed by atoms with Gasteiger partial charge in [0, 0.05) is 13.0 Å². The van der Waals surface area contributed by atoms with Crippen molar-refractivity contribution in [3.63, 3.8) is 0 Å². The van der Waals surface area contributed by atoms with Gasteiger partial charge in [0.15, 0.2) is 0 Å². The van der Waals surface area contributed by atoms with E-state index in [-0.39, 0.29) is 17.9 Å². The molecule has 5 nitrogen and oxygen atoms in total. The Labute approximate surface area is 102 Å². The van der Waals surface area contributed by atoms with Crippen molar-refractivity contribution in [3.05, 3.63) is 0 Å². The van der Waals surface area contributed by atoms with Crippen molar-refractivity contribution in [3.8, 4) is 0 Å². The zero-order valence-electron chi connectivity index (χ0n) is 10.5. The summed E-state index contributed by atoms with van der Waals surface area (Å²) in [6.45, 7) is 1.35. The summed E-state index contributed by atoms with van der Waals surface area (Å²) >= 11 is 0. The highest BCUT2D eigenvalue weighted by molar-refractivity contribution is 5.85. The van der Waals surface area contributed by atoms with Gasteiger partial charge in [-0.25, -0.2) is 4.79 Å². The molecule has 0 aromatic carbocycles. The minimum Gasteiger partial charge on any atom is -0.467 e. The Morgan fingerprint density at radius 3 is 2.76 bits per heavy atom. The number of amides is 1. The zero-order valence-corrected chi connectivity index (χ0v) is 10.5. The van der Waals surface area contributed by atoms with Crippen LogP contribution in [0.3, 0.4) is 0 Å². The maximum absolute atomic E-state index is 11.9. The number of hydrogen-bond donors (Lipinski definition) is 1. The molecule has 0 aromatic heterocycles. The number of methoxy groups -OCH3 is 1. The third-order valence-corrected chi connectivity index (χ3v) is 3.14. The monoisotopic (exact) mass is 242 g/mol. The fourth-order valence-corrected chi connectivity index (χ4v) is 2.19. The Bertz CT molecular complexity index is 268. The number of likely N-dealkylation sites (tertiary alicyclic amines) is 1. The lowest BCUT2D eigenvalue weighted by Gasteiger charge is -2.22. The molecule has 1 fully saturated rings. The van der Waals surface area contributed by atoms with Crippen molar-refractivity contribution in [2.45, 2.75) is 44.6 Å². The lowest BCUT2D eigenvalue weighted by Crippen LogP contribution is -2.40. The largest absolute Gasteiger partial charge is 0.467 e. The molecule has 17 heavy (non-hydrogen) atoms. The van der Waals surface area contributed by atoms with Gasteiger partial charge in [-0.3, -0.25) is 4.79 Å². The van der Waals surface area contributed by atoms with Crippen LogP contribution < -0.4 is 5.73 Å². The molecule has 0 saturated carbocycles. The Hall–Kier alpha value is -1.10. The second-order valence-electron chi connectivity index (χ2n) is 4.37. The van der Waals surface area contributed by atoms with Crippen molar-refractivity contribution in [1.29, 1.82) is 0 Å². The Morgan fingerprint density at radius 1 is 1.35 bits per heavy atom. The fourth-order valence-electron chi connectivity index (χ4n) is 2.19. The number of nitrogens with zero attached hydrogens (tertiary/aromatic N) is 1. The van der Waals surface area contributed by atoms with E-state index in [0.29, 0.717) is 19.5 Å². The van der Waals surface area contributed by atoms with Crippen molar-refractivity contribution in [1.82, 2.24) is 4.90 Å². The molecule has 1 amide bonds.